The number of rotatable bonds is 4. The van der Waals surface area contributed by atoms with Crippen molar-refractivity contribution in [2.75, 3.05) is 40.4 Å². The summed E-state index contributed by atoms with van der Waals surface area (Å²) >= 11 is 14.7. The number of hydrogen-bond donors (Lipinski definition) is 1. The molecule has 0 unspecified atom stereocenters. The van der Waals surface area contributed by atoms with E-state index in [0.29, 0.717) is 49.8 Å². The predicted molar refractivity (Wildman–Crippen MR) is 170 cm³/mol. The summed E-state index contributed by atoms with van der Waals surface area (Å²) < 4.78 is 1.29. The highest BCUT2D eigenvalue weighted by Gasteiger charge is 2.76. The maximum atomic E-state index is 14.2. The topological polar surface area (TPSA) is 66.6 Å². The van der Waals surface area contributed by atoms with Gasteiger partial charge in [-0.1, -0.05) is 24.3 Å². The van der Waals surface area contributed by atoms with Gasteiger partial charge in [-0.05, 0) is 78.3 Å². The second-order valence-corrected chi connectivity index (χ2v) is 14.3. The quantitative estimate of drug-likeness (QED) is 0.194. The number of thiophene rings is 1. The lowest BCUT2D eigenvalue weighted by molar-refractivity contribution is -0.204. The first-order valence-electron chi connectivity index (χ1n) is 14.3. The molecule has 1 aromatic heterocycles. The number of nitrogen functional groups attached to an aromatic ring is 1. The molecule has 3 heterocycles. The van der Waals surface area contributed by atoms with Gasteiger partial charge in [0.15, 0.2) is 0 Å². The number of hydrogen-bond acceptors (Lipinski definition) is 4. The number of anilines is 3. The fourth-order valence-corrected chi connectivity index (χ4v) is 10.1. The van der Waals surface area contributed by atoms with E-state index in [1.54, 1.807) is 11.3 Å². The number of halogens is 2. The summed E-state index contributed by atoms with van der Waals surface area (Å²) in [6, 6.07) is 12.2. The SMILES string of the molecule is Cc1cc2c(c3c(C)csc13)[C@H](CCl)CN2C(=O)C12CC(C(=O)N3C[C@@H](CCl)c4c3cc(N)c3ccccc43)(C1)C2. The van der Waals surface area contributed by atoms with Crippen molar-refractivity contribution in [2.24, 2.45) is 10.8 Å². The maximum Gasteiger partial charge on any atom is 0.233 e. The lowest BCUT2D eigenvalue weighted by Gasteiger charge is -2.69. The molecule has 4 aromatic rings. The number of benzene rings is 3. The molecule has 2 atom stereocenters. The third-order valence-electron chi connectivity index (χ3n) is 10.3. The van der Waals surface area contributed by atoms with E-state index in [1.807, 2.05) is 34.1 Å². The first-order chi connectivity index (χ1) is 19.7. The number of amides is 2. The molecule has 5 aliphatic rings. The molecule has 2 aliphatic heterocycles. The van der Waals surface area contributed by atoms with Crippen molar-refractivity contribution >= 4 is 84.3 Å². The van der Waals surface area contributed by atoms with Crippen LogP contribution in [-0.2, 0) is 9.59 Å². The van der Waals surface area contributed by atoms with Crippen LogP contribution in [0.15, 0.2) is 41.8 Å². The number of carbonyl (C=O) groups excluding carboxylic acids is 2. The van der Waals surface area contributed by atoms with Gasteiger partial charge >= 0.3 is 0 Å². The van der Waals surface area contributed by atoms with Gasteiger partial charge in [0.25, 0.3) is 0 Å². The van der Waals surface area contributed by atoms with Crippen molar-refractivity contribution < 1.29 is 9.59 Å². The van der Waals surface area contributed by atoms with Crippen LogP contribution in [0.4, 0.5) is 17.1 Å². The molecule has 8 heteroatoms. The molecule has 0 spiro atoms. The van der Waals surface area contributed by atoms with Crippen molar-refractivity contribution in [3.8, 4) is 0 Å². The third kappa shape index (κ3) is 3.24. The number of fused-ring (bicyclic) bond motifs is 6. The van der Waals surface area contributed by atoms with Gasteiger partial charge < -0.3 is 15.5 Å². The van der Waals surface area contributed by atoms with Crippen molar-refractivity contribution in [3.63, 3.8) is 0 Å². The van der Waals surface area contributed by atoms with E-state index in [-0.39, 0.29) is 23.7 Å². The Kier molecular flexibility index (Phi) is 5.44. The van der Waals surface area contributed by atoms with Crippen LogP contribution in [0.3, 0.4) is 0 Å². The molecule has 5 nitrogen and oxygen atoms in total. The monoisotopic (exact) mass is 603 g/mol. The fraction of sp³-hybridized carbons (Fsp3) is 0.394. The third-order valence-corrected chi connectivity index (χ3v) is 12.3. The van der Waals surface area contributed by atoms with E-state index < -0.39 is 10.8 Å². The Hall–Kier alpha value is -2.80. The average molecular weight is 605 g/mol. The van der Waals surface area contributed by atoms with Crippen LogP contribution in [0.5, 0.6) is 0 Å². The van der Waals surface area contributed by atoms with Crippen LogP contribution in [0, 0.1) is 24.7 Å². The van der Waals surface area contributed by atoms with Gasteiger partial charge in [-0.3, -0.25) is 9.59 Å². The van der Waals surface area contributed by atoms with Crippen LogP contribution in [-0.4, -0.2) is 36.7 Å². The van der Waals surface area contributed by atoms with Crippen LogP contribution in [0.1, 0.15) is 53.4 Å². The summed E-state index contributed by atoms with van der Waals surface area (Å²) in [5.41, 5.74) is 12.9. The maximum absolute atomic E-state index is 14.2. The molecule has 3 saturated carbocycles. The Labute approximate surface area is 253 Å². The smallest absolute Gasteiger partial charge is 0.233 e. The molecule has 3 aliphatic carbocycles. The van der Waals surface area contributed by atoms with Gasteiger partial charge in [0, 0.05) is 69.2 Å². The Balaban J connectivity index is 1.08. The molecule has 3 fully saturated rings. The van der Waals surface area contributed by atoms with Gasteiger partial charge in [-0.2, -0.15) is 0 Å². The first-order valence-corrected chi connectivity index (χ1v) is 16.2. The van der Waals surface area contributed by atoms with Crippen LogP contribution >= 0.6 is 34.5 Å². The highest BCUT2D eigenvalue weighted by molar-refractivity contribution is 7.17. The summed E-state index contributed by atoms with van der Waals surface area (Å²) in [5.74, 6) is 1.35. The van der Waals surface area contributed by atoms with E-state index in [2.05, 4.69) is 31.4 Å². The highest BCUT2D eigenvalue weighted by atomic mass is 35.5. The number of nitrogens with zero attached hydrogens (tertiary/aromatic N) is 2. The van der Waals surface area contributed by atoms with Crippen LogP contribution in [0.25, 0.3) is 20.9 Å². The highest BCUT2D eigenvalue weighted by Crippen LogP contribution is 2.75. The minimum Gasteiger partial charge on any atom is -0.398 e. The van der Waals surface area contributed by atoms with E-state index >= 15 is 0 Å². The molecule has 0 radical (unpaired) electrons. The molecule has 2 bridgehead atoms. The van der Waals surface area contributed by atoms with Gasteiger partial charge in [0.2, 0.25) is 11.8 Å². The van der Waals surface area contributed by atoms with Gasteiger partial charge in [-0.25, -0.2) is 0 Å². The zero-order valence-electron chi connectivity index (χ0n) is 23.1. The molecule has 2 amide bonds. The van der Waals surface area contributed by atoms with Gasteiger partial charge in [0.05, 0.1) is 10.8 Å². The lowest BCUT2D eigenvalue weighted by atomic mass is 9.34. The van der Waals surface area contributed by atoms with Crippen LogP contribution < -0.4 is 15.5 Å². The molecule has 210 valence electrons. The Morgan fingerprint density at radius 3 is 2.05 bits per heavy atom. The summed E-state index contributed by atoms with van der Waals surface area (Å²) in [4.78, 5) is 32.2. The average Bonchev–Trinajstić information content (AvgIpc) is 3.60. The number of nitrogens with two attached hydrogens (primary N) is 1. The summed E-state index contributed by atoms with van der Waals surface area (Å²) in [7, 11) is 0. The molecule has 2 N–H and O–H groups in total. The molecule has 0 saturated heterocycles. The molecular formula is C33H31Cl2N3O2S. The largest absolute Gasteiger partial charge is 0.398 e. The van der Waals surface area contributed by atoms with Crippen molar-refractivity contribution in [2.45, 2.75) is 44.9 Å². The molecule has 3 aromatic carbocycles. The van der Waals surface area contributed by atoms with Crippen molar-refractivity contribution in [3.05, 3.63) is 64.0 Å². The Morgan fingerprint density at radius 1 is 0.878 bits per heavy atom. The van der Waals surface area contributed by atoms with E-state index in [0.717, 1.165) is 27.7 Å². The minimum atomic E-state index is -0.479. The van der Waals surface area contributed by atoms with E-state index in [9.17, 15) is 9.59 Å². The summed E-state index contributed by atoms with van der Waals surface area (Å²) in [6.07, 6.45) is 1.82. The Morgan fingerprint density at radius 2 is 1.44 bits per heavy atom. The Bertz CT molecular complexity index is 1810. The minimum absolute atomic E-state index is 0.0540. The molecule has 9 rings (SSSR count). The van der Waals surface area contributed by atoms with E-state index in [4.69, 9.17) is 28.9 Å². The number of alkyl halides is 2. The lowest BCUT2D eigenvalue weighted by Crippen LogP contribution is -2.73. The predicted octanol–water partition coefficient (Wildman–Crippen LogP) is 7.46. The molecule has 41 heavy (non-hydrogen) atoms. The molecular weight excluding hydrogens is 573 g/mol. The van der Waals surface area contributed by atoms with Crippen LogP contribution in [0.2, 0.25) is 0 Å². The number of carbonyl (C=O) groups is 2. The van der Waals surface area contributed by atoms with E-state index in [1.165, 1.54) is 26.8 Å². The second-order valence-electron chi connectivity index (χ2n) is 12.8. The second kappa shape index (κ2) is 8.62. The van der Waals surface area contributed by atoms with Gasteiger partial charge in [0.1, 0.15) is 0 Å². The van der Waals surface area contributed by atoms with Gasteiger partial charge in [-0.15, -0.1) is 34.5 Å². The zero-order chi connectivity index (χ0) is 28.4. The number of aryl methyl sites for hydroxylation is 2. The van der Waals surface area contributed by atoms with Crippen molar-refractivity contribution in [1.29, 1.82) is 0 Å². The standard InChI is InChI=1S/C33H31Cl2N3O2S/c1-17-7-24-28(26-18(2)13-41-29(17)26)20(10-35)12-37(24)30(39)32-14-33(15-32,16-32)31(40)38-11-19(9-34)27-22-6-4-3-5-21(22)23(36)8-25(27)38/h3-8,13,19-20H,9-12,14-16,36H2,1-2H3/t19-,20-,32?,33?/m1/s1. The van der Waals surface area contributed by atoms with Crippen molar-refractivity contribution in [1.82, 2.24) is 0 Å². The summed E-state index contributed by atoms with van der Waals surface area (Å²) in [5, 5.41) is 5.53. The first kappa shape index (κ1) is 25.9. The zero-order valence-corrected chi connectivity index (χ0v) is 25.4. The summed E-state index contributed by atoms with van der Waals surface area (Å²) in [6.45, 7) is 5.44. The fourth-order valence-electron chi connectivity index (χ4n) is 8.52. The normalized spacial score (nSPS) is 27.6.